The van der Waals surface area contributed by atoms with Crippen molar-refractivity contribution in [2.24, 2.45) is 5.92 Å². The number of rotatable bonds is 6. The number of hydrogen-bond donors (Lipinski definition) is 1. The Hall–Kier alpha value is -1.22. The Morgan fingerprint density at radius 3 is 2.83 bits per heavy atom. The Bertz CT molecular complexity index is 388. The van der Waals surface area contributed by atoms with Crippen LogP contribution in [0.15, 0.2) is 18.2 Å². The van der Waals surface area contributed by atoms with Gasteiger partial charge in [-0.3, -0.25) is 0 Å². The molecule has 0 aromatic heterocycles. The van der Waals surface area contributed by atoms with Crippen LogP contribution in [0.4, 0.5) is 0 Å². The maximum atomic E-state index is 5.84. The number of likely N-dealkylation sites (N-methyl/N-ethyl adjacent to an activating group) is 1. The summed E-state index contributed by atoms with van der Waals surface area (Å²) in [5.41, 5.74) is 1.23. The van der Waals surface area contributed by atoms with E-state index < -0.39 is 0 Å². The highest BCUT2D eigenvalue weighted by Crippen LogP contribution is 2.35. The molecule has 3 heteroatoms. The monoisotopic (exact) mass is 249 g/mol. The van der Waals surface area contributed by atoms with Crippen molar-refractivity contribution in [2.75, 3.05) is 20.3 Å². The lowest BCUT2D eigenvalue weighted by Gasteiger charge is -2.14. The molecule has 1 N–H and O–H groups in total. The third-order valence-electron chi connectivity index (χ3n) is 3.75. The fourth-order valence-corrected chi connectivity index (χ4v) is 2.26. The molecule has 3 nitrogen and oxygen atoms in total. The quantitative estimate of drug-likeness (QED) is 0.840. The van der Waals surface area contributed by atoms with Crippen molar-refractivity contribution in [3.05, 3.63) is 23.8 Å². The van der Waals surface area contributed by atoms with Gasteiger partial charge in [0.05, 0.1) is 12.6 Å². The van der Waals surface area contributed by atoms with Crippen LogP contribution in [-0.4, -0.2) is 20.3 Å². The third kappa shape index (κ3) is 2.78. The highest BCUT2D eigenvalue weighted by molar-refractivity contribution is 5.44. The molecule has 100 valence electrons. The fourth-order valence-electron chi connectivity index (χ4n) is 2.26. The van der Waals surface area contributed by atoms with Gasteiger partial charge in [0.2, 0.25) is 0 Å². The van der Waals surface area contributed by atoms with Crippen LogP contribution in [0, 0.1) is 5.92 Å². The van der Waals surface area contributed by atoms with Crippen molar-refractivity contribution < 1.29 is 9.47 Å². The Morgan fingerprint density at radius 2 is 2.17 bits per heavy atom. The molecule has 1 unspecified atom stereocenters. The van der Waals surface area contributed by atoms with Crippen LogP contribution in [0.2, 0.25) is 0 Å². The molecule has 18 heavy (non-hydrogen) atoms. The van der Waals surface area contributed by atoms with Gasteiger partial charge in [-0.2, -0.15) is 0 Å². The minimum Gasteiger partial charge on any atom is -0.493 e. The van der Waals surface area contributed by atoms with Gasteiger partial charge in [-0.25, -0.2) is 0 Å². The first kappa shape index (κ1) is 13.2. The minimum atomic E-state index is 0.313. The van der Waals surface area contributed by atoms with E-state index in [4.69, 9.17) is 9.47 Å². The van der Waals surface area contributed by atoms with Crippen LogP contribution in [0.1, 0.15) is 38.3 Å². The van der Waals surface area contributed by atoms with Gasteiger partial charge in [0.1, 0.15) is 18.1 Å². The lowest BCUT2D eigenvalue weighted by molar-refractivity contribution is 0.239. The first-order chi connectivity index (χ1) is 8.78. The van der Waals surface area contributed by atoms with Crippen molar-refractivity contribution in [1.82, 2.24) is 5.32 Å². The molecule has 1 atom stereocenters. The van der Waals surface area contributed by atoms with E-state index in [2.05, 4.69) is 25.2 Å². The molecule has 0 aliphatic carbocycles. The molecular formula is C15H23NO2. The number of nitrogens with one attached hydrogen (secondary N) is 1. The summed E-state index contributed by atoms with van der Waals surface area (Å²) in [4.78, 5) is 0. The minimum absolute atomic E-state index is 0.313. The summed E-state index contributed by atoms with van der Waals surface area (Å²) in [6.45, 7) is 5.92. The van der Waals surface area contributed by atoms with Crippen LogP contribution < -0.4 is 14.8 Å². The maximum Gasteiger partial charge on any atom is 0.127 e. The average Bonchev–Trinajstić information content (AvgIpc) is 2.82. The lowest BCUT2D eigenvalue weighted by Crippen LogP contribution is -2.17. The standard InChI is InChI=1S/C15H23NO2/c1-4-11(5-2)9-17-12-6-7-13-14(16-3)10-18-15(13)8-12/h6-8,11,14,16H,4-5,9-10H2,1-3H3. The van der Waals surface area contributed by atoms with Gasteiger partial charge in [-0.1, -0.05) is 26.7 Å². The highest BCUT2D eigenvalue weighted by atomic mass is 16.5. The van der Waals surface area contributed by atoms with Crippen molar-refractivity contribution in [1.29, 1.82) is 0 Å². The van der Waals surface area contributed by atoms with E-state index in [0.717, 1.165) is 18.1 Å². The molecule has 0 spiro atoms. The Balaban J connectivity index is 2.00. The van der Waals surface area contributed by atoms with Gasteiger partial charge >= 0.3 is 0 Å². The summed E-state index contributed by atoms with van der Waals surface area (Å²) >= 11 is 0. The largest absolute Gasteiger partial charge is 0.493 e. The topological polar surface area (TPSA) is 30.5 Å². The summed E-state index contributed by atoms with van der Waals surface area (Å²) in [5, 5.41) is 3.24. The smallest absolute Gasteiger partial charge is 0.127 e. The normalized spacial score (nSPS) is 17.7. The van der Waals surface area contributed by atoms with E-state index in [0.29, 0.717) is 18.6 Å². The molecular weight excluding hydrogens is 226 g/mol. The molecule has 2 rings (SSSR count). The second-order valence-corrected chi connectivity index (χ2v) is 4.85. The molecule has 1 aliphatic heterocycles. The van der Waals surface area contributed by atoms with E-state index in [1.807, 2.05) is 19.2 Å². The van der Waals surface area contributed by atoms with Gasteiger partial charge in [0, 0.05) is 11.6 Å². The van der Waals surface area contributed by atoms with Crippen LogP contribution in [0.3, 0.4) is 0 Å². The van der Waals surface area contributed by atoms with Crippen molar-refractivity contribution in [2.45, 2.75) is 32.7 Å². The zero-order valence-electron chi connectivity index (χ0n) is 11.5. The summed E-state index contributed by atoms with van der Waals surface area (Å²) in [6.07, 6.45) is 2.33. The molecule has 0 saturated carbocycles. The second-order valence-electron chi connectivity index (χ2n) is 4.85. The number of fused-ring (bicyclic) bond motifs is 1. The summed E-state index contributed by atoms with van der Waals surface area (Å²) in [7, 11) is 1.96. The zero-order chi connectivity index (χ0) is 13.0. The second kappa shape index (κ2) is 6.10. The van der Waals surface area contributed by atoms with Crippen molar-refractivity contribution in [3.63, 3.8) is 0 Å². The Labute approximate surface area is 109 Å². The van der Waals surface area contributed by atoms with Crippen molar-refractivity contribution >= 4 is 0 Å². The van der Waals surface area contributed by atoms with E-state index in [9.17, 15) is 0 Å². The van der Waals surface area contributed by atoms with Crippen LogP contribution >= 0.6 is 0 Å². The molecule has 0 saturated heterocycles. The third-order valence-corrected chi connectivity index (χ3v) is 3.75. The molecule has 0 bridgehead atoms. The number of ether oxygens (including phenoxy) is 2. The molecule has 0 amide bonds. The maximum absolute atomic E-state index is 5.84. The van der Waals surface area contributed by atoms with Gasteiger partial charge < -0.3 is 14.8 Å². The van der Waals surface area contributed by atoms with E-state index in [1.165, 1.54) is 18.4 Å². The molecule has 1 aliphatic rings. The van der Waals surface area contributed by atoms with Crippen LogP contribution in [0.5, 0.6) is 11.5 Å². The van der Waals surface area contributed by atoms with E-state index >= 15 is 0 Å². The fraction of sp³-hybridized carbons (Fsp3) is 0.600. The average molecular weight is 249 g/mol. The predicted octanol–water partition coefficient (Wildman–Crippen LogP) is 3.15. The summed E-state index contributed by atoms with van der Waals surface area (Å²) in [5.74, 6) is 2.51. The van der Waals surface area contributed by atoms with E-state index in [-0.39, 0.29) is 0 Å². The van der Waals surface area contributed by atoms with Gasteiger partial charge in [0.25, 0.3) is 0 Å². The summed E-state index contributed by atoms with van der Waals surface area (Å²) in [6, 6.07) is 6.47. The summed E-state index contributed by atoms with van der Waals surface area (Å²) < 4.78 is 11.5. The predicted molar refractivity (Wildman–Crippen MR) is 73.3 cm³/mol. The SMILES string of the molecule is CCC(CC)COc1ccc2c(c1)OCC2NC. The van der Waals surface area contributed by atoms with Gasteiger partial charge in [0.15, 0.2) is 0 Å². The van der Waals surface area contributed by atoms with Crippen LogP contribution in [-0.2, 0) is 0 Å². The Morgan fingerprint density at radius 1 is 1.39 bits per heavy atom. The van der Waals surface area contributed by atoms with Crippen molar-refractivity contribution in [3.8, 4) is 11.5 Å². The zero-order valence-corrected chi connectivity index (χ0v) is 11.5. The highest BCUT2D eigenvalue weighted by Gasteiger charge is 2.22. The van der Waals surface area contributed by atoms with Crippen LogP contribution in [0.25, 0.3) is 0 Å². The lowest BCUT2D eigenvalue weighted by atomic mass is 10.1. The van der Waals surface area contributed by atoms with E-state index in [1.54, 1.807) is 0 Å². The van der Waals surface area contributed by atoms with Gasteiger partial charge in [-0.15, -0.1) is 0 Å². The number of benzene rings is 1. The Kier molecular flexibility index (Phi) is 4.48. The molecule has 0 radical (unpaired) electrons. The molecule has 0 fully saturated rings. The molecule has 1 aromatic rings. The number of hydrogen-bond acceptors (Lipinski definition) is 3. The molecule has 1 heterocycles. The first-order valence-electron chi connectivity index (χ1n) is 6.85. The van der Waals surface area contributed by atoms with Gasteiger partial charge in [-0.05, 0) is 25.1 Å². The first-order valence-corrected chi connectivity index (χ1v) is 6.85. The molecule has 1 aromatic carbocycles.